The van der Waals surface area contributed by atoms with E-state index in [1.807, 2.05) is 54.0 Å². The molecule has 30 heteroatoms. The van der Waals surface area contributed by atoms with Crippen LogP contribution in [0.5, 0.6) is 0 Å². The SMILES string of the molecule is CO[C@H]1C[C@@H]2CC[C@@H](C)[C@@](O)(O2)C(=O)C(=O)N2CCCC[C@H]2C(=O)O[C@H]([C@H](N)C[C@@H]2CC[C@@H](OC(=O)N3CCc4nc(N5CCN(c6cnc(C(=O)N7CCN(c8ncc(C(=O)N9CCc%10cc(C)ccc%10C9)cn8)CC7)nc6)CC5)ncc4C3)[C@H](OC)C2)CC(=O)[C@H](C)/C=C(\C)[C@@H](O)[C@@H](O)C(=O)[C@H](C)C[C@H](C)/C=C/C=C/C=C/1C. The Kier molecular flexibility index (Phi) is 28.3. The van der Waals surface area contributed by atoms with Crippen molar-refractivity contribution in [1.29, 1.82) is 0 Å². The molecule has 0 unspecified atom stereocenters. The molecule has 1 saturated carbocycles. The second-order valence-corrected chi connectivity index (χ2v) is 32.8. The summed E-state index contributed by atoms with van der Waals surface area (Å²) < 4.78 is 30.6. The van der Waals surface area contributed by atoms with Crippen LogP contribution in [0, 0.1) is 36.5 Å². The van der Waals surface area contributed by atoms with Crippen LogP contribution in [-0.2, 0) is 73.6 Å². The van der Waals surface area contributed by atoms with Gasteiger partial charge in [0.25, 0.3) is 23.5 Å². The van der Waals surface area contributed by atoms with Crippen LogP contribution in [0.1, 0.15) is 168 Å². The number of hydrogen-bond acceptors (Lipinski definition) is 26. The lowest BCUT2D eigenvalue weighted by Crippen LogP contribution is -2.61. The zero-order chi connectivity index (χ0) is 81.9. The quantitative estimate of drug-likeness (QED) is 0.0699. The first-order valence-corrected chi connectivity index (χ1v) is 40.9. The lowest BCUT2D eigenvalue weighted by atomic mass is 9.80. The van der Waals surface area contributed by atoms with Crippen LogP contribution in [0.15, 0.2) is 96.8 Å². The van der Waals surface area contributed by atoms with Gasteiger partial charge in [-0.05, 0) is 126 Å². The molecule has 5 N–H and O–H groups in total. The zero-order valence-electron chi connectivity index (χ0n) is 67.8. The van der Waals surface area contributed by atoms with Crippen LogP contribution < -0.4 is 20.4 Å². The summed E-state index contributed by atoms with van der Waals surface area (Å²) in [6.07, 6.45) is 16.5. The van der Waals surface area contributed by atoms with Crippen molar-refractivity contribution in [2.75, 3.05) is 101 Å². The van der Waals surface area contributed by atoms with E-state index in [4.69, 9.17) is 39.4 Å². The number of cyclic esters (lactones) is 1. The van der Waals surface area contributed by atoms with E-state index < -0.39 is 120 Å². The summed E-state index contributed by atoms with van der Waals surface area (Å²) in [5.74, 6) is -8.46. The van der Waals surface area contributed by atoms with Gasteiger partial charge in [-0.1, -0.05) is 87.9 Å². The minimum absolute atomic E-state index is 0.00214. The first kappa shape index (κ1) is 85.1. The predicted octanol–water partition coefficient (Wildman–Crippen LogP) is 6.59. The number of carbonyl (C=O) groups excluding carboxylic acids is 8. The molecule has 115 heavy (non-hydrogen) atoms. The minimum atomic E-state index is -2.51. The molecule has 8 aliphatic rings. The van der Waals surface area contributed by atoms with Gasteiger partial charge in [0.05, 0.1) is 54.2 Å². The Balaban J connectivity index is 0.629. The fourth-order valence-corrected chi connectivity index (χ4v) is 17.3. The average Bonchev–Trinajstić information content (AvgIpc) is 0.776. The number of ether oxygens (including phenoxy) is 5. The minimum Gasteiger partial charge on any atom is -0.459 e. The normalized spacial score (nSPS) is 30.7. The van der Waals surface area contributed by atoms with Gasteiger partial charge in [0.15, 0.2) is 5.78 Å². The molecule has 4 saturated heterocycles. The summed E-state index contributed by atoms with van der Waals surface area (Å²) in [6.45, 7) is 18.5. The van der Waals surface area contributed by atoms with E-state index in [9.17, 15) is 53.7 Å². The number of allylic oxidation sites excluding steroid dienone is 6. The van der Waals surface area contributed by atoms with Crippen molar-refractivity contribution >= 4 is 64.7 Å². The van der Waals surface area contributed by atoms with Gasteiger partial charge < -0.3 is 79.0 Å². The largest absolute Gasteiger partial charge is 0.459 e. The number of piperidine rings is 1. The van der Waals surface area contributed by atoms with E-state index in [0.29, 0.717) is 147 Å². The molecular weight excluding hydrogens is 1470 g/mol. The monoisotopic (exact) mass is 1590 g/mol. The van der Waals surface area contributed by atoms with Crippen LogP contribution >= 0.6 is 0 Å². The number of rotatable bonds is 11. The van der Waals surface area contributed by atoms with Crippen molar-refractivity contribution in [2.24, 2.45) is 35.3 Å². The van der Waals surface area contributed by atoms with Gasteiger partial charge in [0.2, 0.25) is 23.5 Å². The summed E-state index contributed by atoms with van der Waals surface area (Å²) in [5.41, 5.74) is 14.6. The second kappa shape index (κ2) is 38.2. The Morgan fingerprint density at radius 2 is 1.36 bits per heavy atom. The number of nitrogens with two attached hydrogens (primary N) is 1. The highest BCUT2D eigenvalue weighted by Gasteiger charge is 2.53. The van der Waals surface area contributed by atoms with Crippen molar-refractivity contribution < 1.29 is 77.4 Å². The third-order valence-corrected chi connectivity index (χ3v) is 24.6. The lowest BCUT2D eigenvalue weighted by molar-refractivity contribution is -0.265. The molecule has 7 aliphatic heterocycles. The molecule has 1 aromatic carbocycles. The van der Waals surface area contributed by atoms with Crippen LogP contribution in [0.3, 0.4) is 0 Å². The number of ketones is 3. The number of fused-ring (bicyclic) bond motifs is 5. The molecule has 30 nitrogen and oxygen atoms in total. The Bertz CT molecular complexity index is 4280. The van der Waals surface area contributed by atoms with Gasteiger partial charge in [-0.15, -0.1) is 0 Å². The van der Waals surface area contributed by atoms with Gasteiger partial charge in [-0.3, -0.25) is 28.8 Å². The van der Waals surface area contributed by atoms with E-state index in [-0.39, 0.29) is 67.4 Å². The molecule has 5 fully saturated rings. The third-order valence-electron chi connectivity index (χ3n) is 24.6. The average molecular weight is 1590 g/mol. The number of amides is 4. The number of hydrogen-bond donors (Lipinski definition) is 4. The summed E-state index contributed by atoms with van der Waals surface area (Å²) in [7, 11) is 3.10. The molecule has 1 aliphatic carbocycles. The number of aliphatic hydroxyl groups excluding tert-OH is 2. The topological polar surface area (TPSA) is 369 Å². The van der Waals surface area contributed by atoms with E-state index >= 15 is 0 Å². The van der Waals surface area contributed by atoms with Crippen molar-refractivity contribution in [3.8, 4) is 0 Å². The van der Waals surface area contributed by atoms with Crippen molar-refractivity contribution in [2.45, 2.75) is 212 Å². The number of piperazine rings is 2. The number of benzene rings is 1. The number of aromatic nitrogens is 6. The summed E-state index contributed by atoms with van der Waals surface area (Å²) >= 11 is 0. The smallest absolute Gasteiger partial charge is 0.410 e. The number of methoxy groups -OCH3 is 2. The molecule has 4 aromatic rings. The first-order chi connectivity index (χ1) is 55.2. The number of Topliss-reactive ketones (excluding diaryl/α,β-unsaturated/α-hetero) is 3. The molecule has 4 amide bonds. The Morgan fingerprint density at radius 1 is 0.661 bits per heavy atom. The molecule has 0 spiro atoms. The fourth-order valence-electron chi connectivity index (χ4n) is 17.3. The number of nitrogens with zero attached hydrogens (tertiary/aromatic N) is 13. The van der Waals surface area contributed by atoms with Gasteiger partial charge in [-0.2, -0.15) is 0 Å². The summed E-state index contributed by atoms with van der Waals surface area (Å²) in [6, 6.07) is 4.10. The van der Waals surface area contributed by atoms with E-state index in [0.717, 1.165) is 39.4 Å². The number of anilines is 3. The third kappa shape index (κ3) is 20.4. The van der Waals surface area contributed by atoms with Crippen LogP contribution in [0.4, 0.5) is 22.4 Å². The number of esters is 1. The maximum absolute atomic E-state index is 14.8. The maximum atomic E-state index is 14.8. The summed E-state index contributed by atoms with van der Waals surface area (Å²) in [4.78, 5) is 153. The van der Waals surface area contributed by atoms with Crippen molar-refractivity contribution in [1.82, 2.24) is 49.5 Å². The van der Waals surface area contributed by atoms with Gasteiger partial charge in [0.1, 0.15) is 36.2 Å². The van der Waals surface area contributed by atoms with Crippen LogP contribution in [0.25, 0.3) is 0 Å². The molecule has 2 bridgehead atoms. The predicted molar refractivity (Wildman–Crippen MR) is 426 cm³/mol. The van der Waals surface area contributed by atoms with Gasteiger partial charge in [0, 0.05) is 160 Å². The number of aliphatic hydroxyl groups is 3. The number of carbonyl (C=O) groups is 8. The molecule has 15 atom stereocenters. The Hall–Kier alpha value is -9.30. The maximum Gasteiger partial charge on any atom is 0.410 e. The van der Waals surface area contributed by atoms with Crippen LogP contribution in [-0.4, -0.2) is 259 Å². The standard InChI is InChI=1S/C85H114N14O16/c1-51-15-11-10-12-16-53(3)70(111-8)42-64-22-19-57(7)85(110,115-64)76(104)79(106)99-26-14-13-17-67(99)81(108)113-71(43-68(100)54(4)39-56(6)74(102)75(103)73(101)55(5)37-51)65(86)40-58-20-23-69(72(41-58)112-9)114-84(109)98-28-25-66-62(50-98)46-91-83(92-66)96-33-29-93(30-34-96)63-47-87-77(88-48-63)80(107)94-31-35-95(36-32-94)82-89-44-61(45-90-82)78(105)97-27-24-59-38-52(2)18-21-60(59)49-97/h10-12,15-16,18,21,38-39,44-48,51,54-55,57-58,64-65,67,69-72,74-75,102-103,110H,13-14,17,19-20,22-37,40-43,49-50,86H2,1-9H3/b12-10+,15-11+,53-16+,56-39+/t51-,54-,55-,57-,58+,64+,65-,67+,69-,70+,71+,72-,74-,75+,85-/m1/s1. The fraction of sp³-hybridized carbons (Fsp3) is 0.600. The molecule has 3 aromatic heterocycles. The van der Waals surface area contributed by atoms with Crippen molar-refractivity contribution in [3.05, 3.63) is 136 Å². The lowest BCUT2D eigenvalue weighted by Gasteiger charge is -2.42. The highest BCUT2D eigenvalue weighted by molar-refractivity contribution is 6.39. The second-order valence-electron chi connectivity index (χ2n) is 32.8. The zero-order valence-corrected chi connectivity index (χ0v) is 67.8. The first-order valence-electron chi connectivity index (χ1n) is 40.9. The molecule has 0 radical (unpaired) electrons. The van der Waals surface area contributed by atoms with E-state index in [1.165, 1.54) is 24.1 Å². The Morgan fingerprint density at radius 3 is 2.09 bits per heavy atom. The van der Waals surface area contributed by atoms with Crippen LogP contribution in [0.2, 0.25) is 0 Å². The molecule has 10 heterocycles. The highest BCUT2D eigenvalue weighted by Crippen LogP contribution is 2.39. The van der Waals surface area contributed by atoms with Gasteiger partial charge in [-0.25, -0.2) is 39.5 Å². The van der Waals surface area contributed by atoms with Crippen molar-refractivity contribution in [3.63, 3.8) is 0 Å². The van der Waals surface area contributed by atoms with Gasteiger partial charge >= 0.3 is 12.1 Å². The molecule has 620 valence electrons. The number of aryl methyl sites for hydroxylation is 1. The molecular formula is C85H114N14O16. The highest BCUT2D eigenvalue weighted by atomic mass is 16.6. The Labute approximate surface area is 672 Å². The molecule has 12 rings (SSSR count). The summed E-state index contributed by atoms with van der Waals surface area (Å²) in [5, 5.41) is 34.7. The van der Waals surface area contributed by atoms with E-state index in [1.54, 1.807) is 75.8 Å². The van der Waals surface area contributed by atoms with E-state index in [2.05, 4.69) is 54.9 Å².